The summed E-state index contributed by atoms with van der Waals surface area (Å²) >= 11 is 0. The molecule has 1 atom stereocenters. The summed E-state index contributed by atoms with van der Waals surface area (Å²) < 4.78 is 10.1. The second kappa shape index (κ2) is 9.51. The van der Waals surface area contributed by atoms with Crippen molar-refractivity contribution in [3.63, 3.8) is 0 Å². The number of nitrogens with zero attached hydrogens (tertiary/aromatic N) is 3. The van der Waals surface area contributed by atoms with Crippen LogP contribution in [0.1, 0.15) is 18.9 Å². The first kappa shape index (κ1) is 21.4. The van der Waals surface area contributed by atoms with Crippen molar-refractivity contribution in [1.29, 1.82) is 0 Å². The maximum Gasteiger partial charge on any atom is 0.414 e. The summed E-state index contributed by atoms with van der Waals surface area (Å²) in [6.07, 6.45) is -0.224. The molecule has 2 heterocycles. The van der Waals surface area contributed by atoms with Gasteiger partial charge in [-0.25, -0.2) is 9.59 Å². The van der Waals surface area contributed by atoms with Gasteiger partial charge in [-0.2, -0.15) is 5.10 Å². The first-order chi connectivity index (χ1) is 15.6. The molecule has 0 spiro atoms. The lowest BCUT2D eigenvalue weighted by Crippen LogP contribution is -2.42. The van der Waals surface area contributed by atoms with Crippen molar-refractivity contribution in [2.24, 2.45) is 5.10 Å². The molecule has 4 rings (SSSR count). The third kappa shape index (κ3) is 4.56. The number of para-hydroxylation sites is 1. The van der Waals surface area contributed by atoms with Gasteiger partial charge in [0.15, 0.2) is 0 Å². The van der Waals surface area contributed by atoms with Crippen LogP contribution in [0.15, 0.2) is 59.7 Å². The van der Waals surface area contributed by atoms with Crippen molar-refractivity contribution in [3.8, 4) is 0 Å². The Kier molecular flexibility index (Phi) is 6.34. The zero-order valence-corrected chi connectivity index (χ0v) is 17.7. The van der Waals surface area contributed by atoms with Crippen molar-refractivity contribution < 1.29 is 23.9 Å². The Labute approximate surface area is 185 Å². The van der Waals surface area contributed by atoms with Crippen molar-refractivity contribution in [1.82, 2.24) is 5.32 Å². The summed E-state index contributed by atoms with van der Waals surface area (Å²) in [5, 5.41) is 8.84. The zero-order chi connectivity index (χ0) is 22.5. The number of hydrazone groups is 1. The fraction of sp³-hybridized carbons (Fsp3) is 0.304. The Balaban J connectivity index is 1.46. The number of cyclic esters (lactones) is 1. The van der Waals surface area contributed by atoms with Gasteiger partial charge in [0.25, 0.3) is 0 Å². The Morgan fingerprint density at radius 1 is 1.16 bits per heavy atom. The Hall–Kier alpha value is -3.88. The van der Waals surface area contributed by atoms with Crippen molar-refractivity contribution in [2.75, 3.05) is 29.7 Å². The van der Waals surface area contributed by atoms with Gasteiger partial charge in [-0.1, -0.05) is 30.3 Å². The molecule has 2 amide bonds. The molecular formula is C23H24N4O5. The number of ether oxygens (including phenoxy) is 2. The molecule has 2 aliphatic heterocycles. The van der Waals surface area contributed by atoms with E-state index in [0.717, 1.165) is 11.3 Å². The lowest BCUT2D eigenvalue weighted by atomic mass is 10.1. The van der Waals surface area contributed by atoms with Crippen LogP contribution in [-0.4, -0.2) is 49.5 Å². The minimum atomic E-state index is -0.673. The molecule has 9 nitrogen and oxygen atoms in total. The Morgan fingerprint density at radius 3 is 2.66 bits per heavy atom. The summed E-state index contributed by atoms with van der Waals surface area (Å²) in [7, 11) is 0. The van der Waals surface area contributed by atoms with Gasteiger partial charge < -0.3 is 14.8 Å². The van der Waals surface area contributed by atoms with E-state index in [1.165, 1.54) is 0 Å². The van der Waals surface area contributed by atoms with Gasteiger partial charge in [-0.15, -0.1) is 0 Å². The van der Waals surface area contributed by atoms with Crippen LogP contribution in [0.5, 0.6) is 0 Å². The summed E-state index contributed by atoms with van der Waals surface area (Å²) in [5.74, 6) is -0.781. The molecule has 0 radical (unpaired) electrons. The number of hydrogen-bond donors (Lipinski definition) is 1. The fourth-order valence-electron chi connectivity index (χ4n) is 3.64. The molecule has 9 heteroatoms. The molecule has 1 unspecified atom stereocenters. The Bertz CT molecular complexity index is 1040. The number of nitrogens with one attached hydrogen (secondary N) is 1. The van der Waals surface area contributed by atoms with Crippen LogP contribution in [0.4, 0.5) is 16.2 Å². The highest BCUT2D eigenvalue weighted by atomic mass is 16.6. The first-order valence-corrected chi connectivity index (χ1v) is 10.5. The maximum atomic E-state index is 13.1. The second-order valence-electron chi connectivity index (χ2n) is 7.32. The molecule has 1 N–H and O–H groups in total. The molecule has 0 aliphatic carbocycles. The summed E-state index contributed by atoms with van der Waals surface area (Å²) in [6.45, 7) is 3.09. The molecule has 0 saturated carbocycles. The number of carbonyl (C=O) groups is 3. The van der Waals surface area contributed by atoms with Gasteiger partial charge in [-0.05, 0) is 36.8 Å². The van der Waals surface area contributed by atoms with E-state index in [9.17, 15) is 14.4 Å². The molecule has 1 fully saturated rings. The quantitative estimate of drug-likeness (QED) is 0.670. The third-order valence-electron chi connectivity index (χ3n) is 5.19. The van der Waals surface area contributed by atoms with Crippen molar-refractivity contribution in [3.05, 3.63) is 60.2 Å². The standard InChI is InChI=1S/C23H24N4O5/c1-2-31-22(29)19-14-20(27(25-19)17-8-4-3-5-9-17)21(28)24-15-16-7-6-10-18(13-16)26-11-12-32-23(26)30/h3-10,13,20H,2,11-12,14-15H2,1H3,(H,24,28). The zero-order valence-electron chi connectivity index (χ0n) is 17.7. The van der Waals surface area contributed by atoms with Crippen LogP contribution in [0.2, 0.25) is 0 Å². The number of hydrogen-bond acceptors (Lipinski definition) is 7. The lowest BCUT2D eigenvalue weighted by molar-refractivity contribution is -0.135. The maximum absolute atomic E-state index is 13.1. The predicted molar refractivity (Wildman–Crippen MR) is 118 cm³/mol. The minimum Gasteiger partial charge on any atom is -0.461 e. The van der Waals surface area contributed by atoms with E-state index in [1.54, 1.807) is 16.8 Å². The molecule has 2 aromatic rings. The van der Waals surface area contributed by atoms with Crippen LogP contribution < -0.4 is 15.2 Å². The van der Waals surface area contributed by atoms with Crippen LogP contribution >= 0.6 is 0 Å². The largest absolute Gasteiger partial charge is 0.461 e. The smallest absolute Gasteiger partial charge is 0.414 e. The van der Waals surface area contributed by atoms with E-state index in [1.807, 2.05) is 54.6 Å². The van der Waals surface area contributed by atoms with Crippen LogP contribution in [-0.2, 0) is 25.6 Å². The molecule has 166 valence electrons. The topological polar surface area (TPSA) is 101 Å². The van der Waals surface area contributed by atoms with Crippen molar-refractivity contribution in [2.45, 2.75) is 25.9 Å². The Morgan fingerprint density at radius 2 is 1.94 bits per heavy atom. The van der Waals surface area contributed by atoms with Crippen LogP contribution in [0, 0.1) is 0 Å². The van der Waals surface area contributed by atoms with Gasteiger partial charge >= 0.3 is 12.1 Å². The number of rotatable bonds is 7. The van der Waals surface area contributed by atoms with Crippen LogP contribution in [0.25, 0.3) is 0 Å². The third-order valence-corrected chi connectivity index (χ3v) is 5.19. The van der Waals surface area contributed by atoms with Gasteiger partial charge in [0.05, 0.1) is 18.8 Å². The van der Waals surface area contributed by atoms with Gasteiger partial charge in [0, 0.05) is 18.7 Å². The first-order valence-electron chi connectivity index (χ1n) is 10.5. The molecule has 32 heavy (non-hydrogen) atoms. The number of carbonyl (C=O) groups excluding carboxylic acids is 3. The normalized spacial score (nSPS) is 17.7. The van der Waals surface area contributed by atoms with Gasteiger partial charge in [-0.3, -0.25) is 14.7 Å². The van der Waals surface area contributed by atoms with E-state index >= 15 is 0 Å². The number of benzene rings is 2. The van der Waals surface area contributed by atoms with E-state index in [2.05, 4.69) is 10.4 Å². The minimum absolute atomic E-state index is 0.152. The predicted octanol–water partition coefficient (Wildman–Crippen LogP) is 2.46. The van der Waals surface area contributed by atoms with E-state index < -0.39 is 12.0 Å². The SMILES string of the molecule is CCOC(=O)C1=NN(c2ccccc2)C(C(=O)NCc2cccc(N3CCOC3=O)c2)C1. The monoisotopic (exact) mass is 436 g/mol. The number of amides is 2. The number of anilines is 2. The van der Waals surface area contributed by atoms with Gasteiger partial charge in [0.1, 0.15) is 18.4 Å². The number of esters is 1. The average molecular weight is 436 g/mol. The summed E-state index contributed by atoms with van der Waals surface area (Å²) in [4.78, 5) is 38.6. The summed E-state index contributed by atoms with van der Waals surface area (Å²) in [6, 6.07) is 15.9. The van der Waals surface area contributed by atoms with Crippen LogP contribution in [0.3, 0.4) is 0 Å². The second-order valence-corrected chi connectivity index (χ2v) is 7.32. The highest BCUT2D eigenvalue weighted by Gasteiger charge is 2.36. The highest BCUT2D eigenvalue weighted by molar-refractivity contribution is 6.38. The van der Waals surface area contributed by atoms with Gasteiger partial charge in [0.2, 0.25) is 5.91 Å². The lowest BCUT2D eigenvalue weighted by Gasteiger charge is -2.23. The molecule has 2 aliphatic rings. The fourth-order valence-corrected chi connectivity index (χ4v) is 3.64. The van der Waals surface area contributed by atoms with E-state index in [-0.39, 0.29) is 37.3 Å². The van der Waals surface area contributed by atoms with E-state index in [0.29, 0.717) is 18.8 Å². The molecular weight excluding hydrogens is 412 g/mol. The van der Waals surface area contributed by atoms with Crippen molar-refractivity contribution >= 4 is 35.1 Å². The average Bonchev–Trinajstić information content (AvgIpc) is 3.45. The molecule has 2 aromatic carbocycles. The molecule has 1 saturated heterocycles. The molecule has 0 aromatic heterocycles. The summed E-state index contributed by atoms with van der Waals surface area (Å²) in [5.41, 5.74) is 2.48. The molecule has 0 bridgehead atoms. The van der Waals surface area contributed by atoms with E-state index in [4.69, 9.17) is 9.47 Å². The highest BCUT2D eigenvalue weighted by Crippen LogP contribution is 2.25.